The number of nitrogens with zero attached hydrogens (tertiary/aromatic N) is 2. The van der Waals surface area contributed by atoms with E-state index in [1.165, 1.54) is 0 Å². The van der Waals surface area contributed by atoms with Crippen LogP contribution in [-0.4, -0.2) is 64.6 Å². The largest absolute Gasteiger partial charge is 0.389 e. The van der Waals surface area contributed by atoms with Gasteiger partial charge in [0, 0.05) is 31.5 Å². The molecule has 1 saturated heterocycles. The molecule has 130 valence electrons. The molecule has 2 fully saturated rings. The summed E-state index contributed by atoms with van der Waals surface area (Å²) >= 11 is 0. The van der Waals surface area contributed by atoms with Crippen molar-refractivity contribution in [3.8, 4) is 0 Å². The Hall–Kier alpha value is -1.99. The van der Waals surface area contributed by atoms with Crippen molar-refractivity contribution in [2.24, 2.45) is 0 Å². The first kappa shape index (κ1) is 16.9. The fourth-order valence-corrected chi connectivity index (χ4v) is 3.60. The fraction of sp³-hybridized carbons (Fsp3) is 0.588. The lowest BCUT2D eigenvalue weighted by Gasteiger charge is -2.42. The number of hydrogen-bond donors (Lipinski definition) is 3. The molecule has 0 unspecified atom stereocenters. The molecule has 1 aromatic heterocycles. The number of nitrogens with one attached hydrogen (secondary N) is 2. The van der Waals surface area contributed by atoms with E-state index in [0.29, 0.717) is 13.1 Å². The van der Waals surface area contributed by atoms with Gasteiger partial charge in [-0.15, -0.1) is 0 Å². The topological polar surface area (TPSA) is 94.6 Å². The first-order chi connectivity index (χ1) is 11.6. The third kappa shape index (κ3) is 4.10. The lowest BCUT2D eigenvalue weighted by atomic mass is 9.86. The molecule has 2 aliphatic rings. The zero-order valence-electron chi connectivity index (χ0n) is 13.6. The Bertz CT molecular complexity index is 580. The van der Waals surface area contributed by atoms with Crippen LogP contribution < -0.4 is 10.6 Å². The van der Waals surface area contributed by atoms with Crippen molar-refractivity contribution in [2.45, 2.75) is 43.9 Å². The number of piperazine rings is 1. The molecule has 0 spiro atoms. The maximum Gasteiger partial charge on any atom is 0.234 e. The lowest BCUT2D eigenvalue weighted by Crippen LogP contribution is -2.60. The molecule has 24 heavy (non-hydrogen) atoms. The van der Waals surface area contributed by atoms with Crippen LogP contribution in [0.15, 0.2) is 24.5 Å². The van der Waals surface area contributed by atoms with Crippen molar-refractivity contribution in [3.63, 3.8) is 0 Å². The van der Waals surface area contributed by atoms with Crippen LogP contribution in [0.1, 0.15) is 24.8 Å². The Morgan fingerprint density at radius 1 is 1.46 bits per heavy atom. The van der Waals surface area contributed by atoms with Crippen LogP contribution >= 0.6 is 0 Å². The van der Waals surface area contributed by atoms with Gasteiger partial charge >= 0.3 is 0 Å². The summed E-state index contributed by atoms with van der Waals surface area (Å²) in [6.07, 6.45) is 5.49. The van der Waals surface area contributed by atoms with Crippen LogP contribution in [0.5, 0.6) is 0 Å². The molecule has 3 atom stereocenters. The average Bonchev–Trinajstić information content (AvgIpc) is 2.57. The van der Waals surface area contributed by atoms with Gasteiger partial charge in [-0.25, -0.2) is 0 Å². The van der Waals surface area contributed by atoms with Crippen molar-refractivity contribution in [1.29, 1.82) is 0 Å². The second kappa shape index (κ2) is 7.72. The van der Waals surface area contributed by atoms with Gasteiger partial charge in [-0.1, -0.05) is 6.07 Å². The van der Waals surface area contributed by atoms with Gasteiger partial charge in [0.1, 0.15) is 0 Å². The zero-order chi connectivity index (χ0) is 16.9. The summed E-state index contributed by atoms with van der Waals surface area (Å²) < 4.78 is 0. The molecule has 1 aliphatic heterocycles. The van der Waals surface area contributed by atoms with E-state index >= 15 is 0 Å². The number of amides is 2. The van der Waals surface area contributed by atoms with Gasteiger partial charge in [0.25, 0.3) is 0 Å². The molecular formula is C17H24N4O3. The van der Waals surface area contributed by atoms with E-state index in [2.05, 4.69) is 15.6 Å². The first-order valence-corrected chi connectivity index (χ1v) is 8.50. The average molecular weight is 332 g/mol. The van der Waals surface area contributed by atoms with Gasteiger partial charge in [0.2, 0.25) is 11.8 Å². The highest BCUT2D eigenvalue weighted by molar-refractivity contribution is 5.79. The zero-order valence-corrected chi connectivity index (χ0v) is 13.6. The van der Waals surface area contributed by atoms with Crippen LogP contribution in [0.25, 0.3) is 0 Å². The summed E-state index contributed by atoms with van der Waals surface area (Å²) in [5, 5.41) is 16.4. The first-order valence-electron chi connectivity index (χ1n) is 8.50. The monoisotopic (exact) mass is 332 g/mol. The van der Waals surface area contributed by atoms with Gasteiger partial charge < -0.3 is 15.7 Å². The number of aromatic nitrogens is 1. The van der Waals surface area contributed by atoms with Gasteiger partial charge in [-0.05, 0) is 30.9 Å². The molecule has 3 N–H and O–H groups in total. The number of aliphatic hydroxyl groups excluding tert-OH is 1. The Labute approximate surface area is 141 Å². The number of rotatable bonds is 4. The molecule has 0 bridgehead atoms. The van der Waals surface area contributed by atoms with Crippen LogP contribution in [0.2, 0.25) is 0 Å². The van der Waals surface area contributed by atoms with Crippen molar-refractivity contribution in [2.75, 3.05) is 19.6 Å². The molecule has 0 aromatic carbocycles. The van der Waals surface area contributed by atoms with E-state index in [0.717, 1.165) is 31.4 Å². The smallest absolute Gasteiger partial charge is 0.234 e. The van der Waals surface area contributed by atoms with E-state index in [1.54, 1.807) is 18.5 Å². The lowest BCUT2D eigenvalue weighted by molar-refractivity contribution is -0.128. The molecule has 3 rings (SSSR count). The van der Waals surface area contributed by atoms with Gasteiger partial charge in [-0.3, -0.25) is 19.5 Å². The molecule has 1 aromatic rings. The third-order valence-electron chi connectivity index (χ3n) is 4.79. The Morgan fingerprint density at radius 3 is 3.08 bits per heavy atom. The highest BCUT2D eigenvalue weighted by Gasteiger charge is 2.37. The highest BCUT2D eigenvalue weighted by atomic mass is 16.3. The normalized spacial score (nSPS) is 28.2. The van der Waals surface area contributed by atoms with E-state index in [-0.39, 0.29) is 30.3 Å². The molecule has 7 nitrogen and oxygen atoms in total. The SMILES string of the molecule is O=C1CN([C@@H]2CCC[C@@H](NC(=O)Cc3cccnc3)[C@H]2O)CCN1. The number of hydrogen-bond acceptors (Lipinski definition) is 5. The number of pyridine rings is 1. The van der Waals surface area contributed by atoms with Gasteiger partial charge in [-0.2, -0.15) is 0 Å². The fourth-order valence-electron chi connectivity index (χ4n) is 3.60. The summed E-state index contributed by atoms with van der Waals surface area (Å²) in [7, 11) is 0. The second-order valence-corrected chi connectivity index (χ2v) is 6.52. The number of carbonyl (C=O) groups is 2. The number of aliphatic hydroxyl groups is 1. The summed E-state index contributed by atoms with van der Waals surface area (Å²) in [5.74, 6) is -0.111. The quantitative estimate of drug-likeness (QED) is 0.688. The van der Waals surface area contributed by atoms with Crippen LogP contribution in [0, 0.1) is 0 Å². The van der Waals surface area contributed by atoms with Crippen molar-refractivity contribution in [1.82, 2.24) is 20.5 Å². The minimum Gasteiger partial charge on any atom is -0.389 e. The van der Waals surface area contributed by atoms with Crippen molar-refractivity contribution >= 4 is 11.8 Å². The van der Waals surface area contributed by atoms with E-state index in [1.807, 2.05) is 11.0 Å². The number of carbonyl (C=O) groups excluding carboxylic acids is 2. The summed E-state index contributed by atoms with van der Waals surface area (Å²) in [6, 6.07) is 3.32. The Morgan fingerprint density at radius 2 is 2.33 bits per heavy atom. The van der Waals surface area contributed by atoms with Crippen molar-refractivity contribution in [3.05, 3.63) is 30.1 Å². The minimum absolute atomic E-state index is 0.00353. The predicted molar refractivity (Wildman–Crippen MR) is 88.1 cm³/mol. The maximum atomic E-state index is 12.2. The molecule has 2 amide bonds. The van der Waals surface area contributed by atoms with E-state index < -0.39 is 6.10 Å². The molecule has 2 heterocycles. The Kier molecular flexibility index (Phi) is 5.42. The van der Waals surface area contributed by atoms with Gasteiger partial charge in [0.05, 0.1) is 25.1 Å². The second-order valence-electron chi connectivity index (χ2n) is 6.52. The third-order valence-corrected chi connectivity index (χ3v) is 4.79. The highest BCUT2D eigenvalue weighted by Crippen LogP contribution is 2.24. The molecule has 0 radical (unpaired) electrons. The molecule has 1 aliphatic carbocycles. The Balaban J connectivity index is 1.57. The maximum absolute atomic E-state index is 12.2. The summed E-state index contributed by atoms with van der Waals surface area (Å²) in [5.41, 5.74) is 0.851. The molecule has 7 heteroatoms. The predicted octanol–water partition coefficient (Wildman–Crippen LogP) is -0.546. The van der Waals surface area contributed by atoms with Gasteiger partial charge in [0.15, 0.2) is 0 Å². The molecular weight excluding hydrogens is 308 g/mol. The standard InChI is InChI=1S/C17H24N4O3/c22-15(9-12-3-2-6-18-10-12)20-13-4-1-5-14(17(13)24)21-8-7-19-16(23)11-21/h2-3,6,10,13-14,17,24H,1,4-5,7-9,11H2,(H,19,23)(H,20,22)/t13-,14-,17-/m1/s1. The van der Waals surface area contributed by atoms with E-state index in [4.69, 9.17) is 0 Å². The summed E-state index contributed by atoms with van der Waals surface area (Å²) in [6.45, 7) is 1.67. The molecule has 1 saturated carbocycles. The minimum atomic E-state index is -0.650. The van der Waals surface area contributed by atoms with Crippen molar-refractivity contribution < 1.29 is 14.7 Å². The van der Waals surface area contributed by atoms with Crippen LogP contribution in [-0.2, 0) is 16.0 Å². The van der Waals surface area contributed by atoms with E-state index in [9.17, 15) is 14.7 Å². The van der Waals surface area contributed by atoms with Crippen LogP contribution in [0.4, 0.5) is 0 Å². The van der Waals surface area contributed by atoms with Crippen LogP contribution in [0.3, 0.4) is 0 Å². The summed E-state index contributed by atoms with van der Waals surface area (Å²) in [4.78, 5) is 29.8.